The summed E-state index contributed by atoms with van der Waals surface area (Å²) in [6.45, 7) is 6.54. The van der Waals surface area contributed by atoms with Gasteiger partial charge in [-0.05, 0) is 30.0 Å². The second-order valence-electron chi connectivity index (χ2n) is 6.27. The third kappa shape index (κ3) is 3.02. The van der Waals surface area contributed by atoms with E-state index < -0.39 is 0 Å². The molecule has 0 bridgehead atoms. The smallest absolute Gasteiger partial charge is 0.219 e. The molecule has 1 aliphatic heterocycles. The number of nitrogens with one attached hydrogen (secondary N) is 2. The minimum absolute atomic E-state index is 0.203. The van der Waals surface area contributed by atoms with Crippen molar-refractivity contribution in [1.82, 2.24) is 15.2 Å². The first-order valence-corrected chi connectivity index (χ1v) is 8.23. The zero-order valence-corrected chi connectivity index (χ0v) is 13.4. The number of hydrogen-bond donors (Lipinski definition) is 2. The van der Waals surface area contributed by atoms with E-state index in [4.69, 9.17) is 0 Å². The number of carbonyl (C=O) groups is 1. The lowest BCUT2D eigenvalue weighted by Gasteiger charge is -2.38. The number of aromatic nitrogens is 1. The number of piperidine rings is 1. The summed E-state index contributed by atoms with van der Waals surface area (Å²) in [6.07, 6.45) is 4.14. The second kappa shape index (κ2) is 6.53. The van der Waals surface area contributed by atoms with Crippen LogP contribution in [0.4, 0.5) is 0 Å². The van der Waals surface area contributed by atoms with Gasteiger partial charge in [-0.2, -0.15) is 0 Å². The van der Waals surface area contributed by atoms with Crippen LogP contribution in [0.1, 0.15) is 32.3 Å². The molecule has 1 aromatic carbocycles. The van der Waals surface area contributed by atoms with E-state index in [1.54, 1.807) is 6.92 Å². The number of aromatic amines is 1. The fourth-order valence-corrected chi connectivity index (χ4v) is 3.55. The van der Waals surface area contributed by atoms with Crippen molar-refractivity contribution in [3.05, 3.63) is 36.0 Å². The van der Waals surface area contributed by atoms with Gasteiger partial charge in [0.1, 0.15) is 0 Å². The molecule has 4 nitrogen and oxygen atoms in total. The Morgan fingerprint density at radius 1 is 1.41 bits per heavy atom. The van der Waals surface area contributed by atoms with Crippen LogP contribution in [0, 0.1) is 5.92 Å². The maximum atomic E-state index is 11.6. The molecule has 1 aliphatic rings. The molecule has 2 atom stereocenters. The van der Waals surface area contributed by atoms with Gasteiger partial charge in [-0.1, -0.05) is 25.5 Å². The summed E-state index contributed by atoms with van der Waals surface area (Å²) < 4.78 is 0. The van der Waals surface area contributed by atoms with Crippen molar-refractivity contribution in [3.63, 3.8) is 0 Å². The van der Waals surface area contributed by atoms with E-state index in [0.717, 1.165) is 32.5 Å². The van der Waals surface area contributed by atoms with Gasteiger partial charge in [0.2, 0.25) is 5.91 Å². The van der Waals surface area contributed by atoms with E-state index in [1.165, 1.54) is 16.5 Å². The lowest BCUT2D eigenvalue weighted by molar-refractivity contribution is -0.131. The van der Waals surface area contributed by atoms with E-state index in [1.807, 2.05) is 11.1 Å². The van der Waals surface area contributed by atoms with Gasteiger partial charge in [0.15, 0.2) is 0 Å². The summed E-state index contributed by atoms with van der Waals surface area (Å²) in [5, 5.41) is 5.02. The van der Waals surface area contributed by atoms with E-state index in [0.29, 0.717) is 12.0 Å². The first-order valence-electron chi connectivity index (χ1n) is 8.23. The monoisotopic (exact) mass is 299 g/mol. The van der Waals surface area contributed by atoms with Crippen LogP contribution in [0.5, 0.6) is 0 Å². The molecule has 4 heteroatoms. The summed E-state index contributed by atoms with van der Waals surface area (Å²) in [7, 11) is 0. The molecule has 22 heavy (non-hydrogen) atoms. The SMILES string of the molecule is CC[C@H]1CN(C(C)=O)CC[C@@H]1NCc1cccc2[nH]ccc12. The van der Waals surface area contributed by atoms with Crippen LogP contribution in [0.2, 0.25) is 0 Å². The number of hydrogen-bond acceptors (Lipinski definition) is 2. The lowest BCUT2D eigenvalue weighted by Crippen LogP contribution is -2.50. The molecule has 1 amide bonds. The highest BCUT2D eigenvalue weighted by molar-refractivity contribution is 5.82. The Labute approximate surface area is 131 Å². The molecule has 1 aromatic heterocycles. The van der Waals surface area contributed by atoms with Crippen LogP contribution in [-0.4, -0.2) is 34.9 Å². The molecule has 0 spiro atoms. The molecule has 118 valence electrons. The molecule has 3 rings (SSSR count). The zero-order chi connectivity index (χ0) is 15.5. The van der Waals surface area contributed by atoms with Gasteiger partial charge in [0.05, 0.1) is 0 Å². The molecule has 2 aromatic rings. The first-order chi connectivity index (χ1) is 10.7. The number of nitrogens with zero attached hydrogens (tertiary/aromatic N) is 1. The van der Waals surface area contributed by atoms with Crippen LogP contribution in [-0.2, 0) is 11.3 Å². The Morgan fingerprint density at radius 2 is 2.27 bits per heavy atom. The normalized spacial score (nSPS) is 22.2. The highest BCUT2D eigenvalue weighted by Crippen LogP contribution is 2.22. The van der Waals surface area contributed by atoms with Crippen LogP contribution in [0.15, 0.2) is 30.5 Å². The lowest BCUT2D eigenvalue weighted by atomic mass is 9.89. The van der Waals surface area contributed by atoms with E-state index in [2.05, 4.69) is 41.5 Å². The summed E-state index contributed by atoms with van der Waals surface area (Å²) in [5.41, 5.74) is 2.53. The van der Waals surface area contributed by atoms with Gasteiger partial charge >= 0.3 is 0 Å². The largest absolute Gasteiger partial charge is 0.361 e. The van der Waals surface area contributed by atoms with E-state index in [9.17, 15) is 4.79 Å². The minimum Gasteiger partial charge on any atom is -0.361 e. The average Bonchev–Trinajstić information content (AvgIpc) is 3.01. The van der Waals surface area contributed by atoms with Gasteiger partial charge in [-0.25, -0.2) is 0 Å². The van der Waals surface area contributed by atoms with Crippen molar-refractivity contribution < 1.29 is 4.79 Å². The number of benzene rings is 1. The number of rotatable bonds is 4. The molecule has 0 aliphatic carbocycles. The van der Waals surface area contributed by atoms with Crippen LogP contribution < -0.4 is 5.32 Å². The number of carbonyl (C=O) groups excluding carboxylic acids is 1. The maximum Gasteiger partial charge on any atom is 0.219 e. The third-order valence-electron chi connectivity index (χ3n) is 4.94. The predicted octanol–water partition coefficient (Wildman–Crippen LogP) is 2.90. The van der Waals surface area contributed by atoms with Crippen molar-refractivity contribution in [2.75, 3.05) is 13.1 Å². The fourth-order valence-electron chi connectivity index (χ4n) is 3.55. The number of likely N-dealkylation sites (tertiary alicyclic amines) is 1. The van der Waals surface area contributed by atoms with E-state index >= 15 is 0 Å². The van der Waals surface area contributed by atoms with Gasteiger partial charge < -0.3 is 15.2 Å². The standard InChI is InChI=1S/C18H25N3O/c1-3-14-12-21(13(2)22)10-8-17(14)20-11-15-5-4-6-18-16(15)7-9-19-18/h4-7,9,14,17,19-20H,3,8,10-12H2,1-2H3/t14-,17-/m0/s1. The van der Waals surface area contributed by atoms with Crippen molar-refractivity contribution >= 4 is 16.8 Å². The van der Waals surface area contributed by atoms with Crippen LogP contribution in [0.25, 0.3) is 10.9 Å². The van der Waals surface area contributed by atoms with E-state index in [-0.39, 0.29) is 5.91 Å². The van der Waals surface area contributed by atoms with Crippen LogP contribution in [0.3, 0.4) is 0 Å². The molecule has 1 saturated heterocycles. The van der Waals surface area contributed by atoms with Gasteiger partial charge in [-0.3, -0.25) is 4.79 Å². The molecule has 0 radical (unpaired) electrons. The Morgan fingerprint density at radius 3 is 3.05 bits per heavy atom. The van der Waals surface area contributed by atoms with Gasteiger partial charge in [0.25, 0.3) is 0 Å². The molecular weight excluding hydrogens is 274 g/mol. The quantitative estimate of drug-likeness (QED) is 0.912. The Kier molecular flexibility index (Phi) is 4.48. The van der Waals surface area contributed by atoms with Crippen molar-refractivity contribution in [2.45, 2.75) is 39.3 Å². The molecule has 0 saturated carbocycles. The Bertz CT molecular complexity index is 649. The molecule has 2 heterocycles. The maximum absolute atomic E-state index is 11.6. The second-order valence-corrected chi connectivity index (χ2v) is 6.27. The van der Waals surface area contributed by atoms with Gasteiger partial charge in [-0.15, -0.1) is 0 Å². The first kappa shape index (κ1) is 15.1. The summed E-state index contributed by atoms with van der Waals surface area (Å²) in [6, 6.07) is 9.04. The average molecular weight is 299 g/mol. The topological polar surface area (TPSA) is 48.1 Å². The summed E-state index contributed by atoms with van der Waals surface area (Å²) >= 11 is 0. The highest BCUT2D eigenvalue weighted by Gasteiger charge is 2.28. The third-order valence-corrected chi connectivity index (χ3v) is 4.94. The number of amides is 1. The Balaban J connectivity index is 1.66. The predicted molar refractivity (Wildman–Crippen MR) is 89.6 cm³/mol. The van der Waals surface area contributed by atoms with Crippen LogP contribution >= 0.6 is 0 Å². The minimum atomic E-state index is 0.203. The molecular formula is C18H25N3O. The van der Waals surface area contributed by atoms with Crippen molar-refractivity contribution in [3.8, 4) is 0 Å². The molecule has 1 fully saturated rings. The zero-order valence-electron chi connectivity index (χ0n) is 13.4. The van der Waals surface area contributed by atoms with Gasteiger partial charge in [0, 0.05) is 49.7 Å². The Hall–Kier alpha value is -1.81. The number of fused-ring (bicyclic) bond motifs is 1. The fraction of sp³-hybridized carbons (Fsp3) is 0.500. The summed E-state index contributed by atoms with van der Waals surface area (Å²) in [5.74, 6) is 0.747. The van der Waals surface area contributed by atoms with Crippen molar-refractivity contribution in [2.24, 2.45) is 5.92 Å². The summed E-state index contributed by atoms with van der Waals surface area (Å²) in [4.78, 5) is 16.8. The highest BCUT2D eigenvalue weighted by atomic mass is 16.2. The van der Waals surface area contributed by atoms with Crippen molar-refractivity contribution in [1.29, 1.82) is 0 Å². The molecule has 0 unspecified atom stereocenters. The number of H-pyrrole nitrogens is 1. The molecule has 2 N–H and O–H groups in total.